The van der Waals surface area contributed by atoms with Gasteiger partial charge in [-0.15, -0.1) is 0 Å². The predicted octanol–water partition coefficient (Wildman–Crippen LogP) is 0.975. The Balaban J connectivity index is 2.29. The van der Waals surface area contributed by atoms with E-state index in [0.29, 0.717) is 12.0 Å². The summed E-state index contributed by atoms with van der Waals surface area (Å²) in [6.07, 6.45) is 3.67. The highest BCUT2D eigenvalue weighted by molar-refractivity contribution is 7.80. The van der Waals surface area contributed by atoms with Crippen LogP contribution in [0.4, 0.5) is 0 Å². The van der Waals surface area contributed by atoms with Crippen molar-refractivity contribution in [3.63, 3.8) is 0 Å². The van der Waals surface area contributed by atoms with Crippen LogP contribution in [0.3, 0.4) is 0 Å². The lowest BCUT2D eigenvalue weighted by atomic mass is 9.90. The van der Waals surface area contributed by atoms with Crippen LogP contribution < -0.4 is 5.73 Å². The van der Waals surface area contributed by atoms with Gasteiger partial charge in [0.25, 0.3) is 0 Å². The molecule has 1 aliphatic rings. The van der Waals surface area contributed by atoms with E-state index in [2.05, 4.69) is 24.6 Å². The number of rotatable bonds is 3. The summed E-state index contributed by atoms with van der Waals surface area (Å²) in [6, 6.07) is 0.366. The minimum absolute atomic E-state index is 0.366. The molecule has 0 aromatic carbocycles. The molecule has 0 amide bonds. The molecule has 2 unspecified atom stereocenters. The van der Waals surface area contributed by atoms with Gasteiger partial charge < -0.3 is 10.6 Å². The molecule has 12 heavy (non-hydrogen) atoms. The highest BCUT2D eigenvalue weighted by Gasteiger charge is 2.22. The molecular formula is C9H20N2S. The Labute approximate surface area is 80.9 Å². The molecule has 1 rings (SSSR count). The standard InChI is InChI=1S/C9H20N2S/c1-11-5-2-3-8(7-11)9(10)4-6-12/h8-9,12H,2-7,10H2,1H3. The van der Waals surface area contributed by atoms with Gasteiger partial charge in [0.05, 0.1) is 0 Å². The van der Waals surface area contributed by atoms with Gasteiger partial charge in [0.15, 0.2) is 0 Å². The lowest BCUT2D eigenvalue weighted by molar-refractivity contribution is 0.186. The van der Waals surface area contributed by atoms with Gasteiger partial charge in [0, 0.05) is 12.6 Å². The summed E-state index contributed by atoms with van der Waals surface area (Å²) in [7, 11) is 2.18. The second-order valence-corrected chi connectivity index (χ2v) is 4.29. The molecule has 3 heteroatoms. The Morgan fingerprint density at radius 3 is 3.00 bits per heavy atom. The SMILES string of the molecule is CN1CCCC(C(N)CCS)C1. The summed E-state index contributed by atoms with van der Waals surface area (Å²) in [5, 5.41) is 0. The molecule has 0 bridgehead atoms. The van der Waals surface area contributed by atoms with Crippen molar-refractivity contribution < 1.29 is 0 Å². The number of nitrogens with two attached hydrogens (primary N) is 1. The number of piperidine rings is 1. The molecule has 0 saturated carbocycles. The third-order valence-electron chi connectivity index (χ3n) is 2.73. The van der Waals surface area contributed by atoms with Crippen LogP contribution in [-0.4, -0.2) is 36.8 Å². The van der Waals surface area contributed by atoms with Gasteiger partial charge in [-0.1, -0.05) is 0 Å². The largest absolute Gasteiger partial charge is 0.327 e. The Bertz CT molecular complexity index is 130. The van der Waals surface area contributed by atoms with Crippen molar-refractivity contribution in [3.8, 4) is 0 Å². The van der Waals surface area contributed by atoms with E-state index in [9.17, 15) is 0 Å². The van der Waals surface area contributed by atoms with Crippen LogP contribution in [0.15, 0.2) is 0 Å². The van der Waals surface area contributed by atoms with Crippen LogP contribution in [0.5, 0.6) is 0 Å². The predicted molar refractivity (Wildman–Crippen MR) is 56.7 cm³/mol. The summed E-state index contributed by atoms with van der Waals surface area (Å²) in [5.41, 5.74) is 6.05. The summed E-state index contributed by atoms with van der Waals surface area (Å²) < 4.78 is 0. The first-order valence-corrected chi connectivity index (χ1v) is 5.42. The molecule has 1 aliphatic heterocycles. The van der Waals surface area contributed by atoms with E-state index in [1.807, 2.05) is 0 Å². The zero-order valence-electron chi connectivity index (χ0n) is 7.87. The molecule has 0 aliphatic carbocycles. The Morgan fingerprint density at radius 2 is 2.42 bits per heavy atom. The first-order chi connectivity index (χ1) is 5.74. The quantitative estimate of drug-likeness (QED) is 0.646. The summed E-state index contributed by atoms with van der Waals surface area (Å²) in [5.74, 6) is 1.62. The fourth-order valence-corrected chi connectivity index (χ4v) is 2.24. The molecule has 72 valence electrons. The zero-order chi connectivity index (χ0) is 8.97. The second-order valence-electron chi connectivity index (χ2n) is 3.84. The molecule has 2 N–H and O–H groups in total. The molecule has 2 nitrogen and oxygen atoms in total. The smallest absolute Gasteiger partial charge is 0.00871 e. The Morgan fingerprint density at radius 1 is 1.67 bits per heavy atom. The molecule has 0 aromatic rings. The number of likely N-dealkylation sites (tertiary alicyclic amines) is 1. The third kappa shape index (κ3) is 2.96. The zero-order valence-corrected chi connectivity index (χ0v) is 8.76. The molecule has 0 aromatic heterocycles. The lowest BCUT2D eigenvalue weighted by Gasteiger charge is -2.33. The van der Waals surface area contributed by atoms with Gasteiger partial charge in [-0.25, -0.2) is 0 Å². The number of nitrogens with zero attached hydrogens (tertiary/aromatic N) is 1. The van der Waals surface area contributed by atoms with E-state index >= 15 is 0 Å². The summed E-state index contributed by atoms with van der Waals surface area (Å²) in [4.78, 5) is 2.38. The number of hydrogen-bond donors (Lipinski definition) is 2. The maximum absolute atomic E-state index is 6.05. The minimum Gasteiger partial charge on any atom is -0.327 e. The van der Waals surface area contributed by atoms with E-state index < -0.39 is 0 Å². The topological polar surface area (TPSA) is 29.3 Å². The second kappa shape index (κ2) is 5.10. The number of hydrogen-bond acceptors (Lipinski definition) is 3. The molecule has 2 atom stereocenters. The summed E-state index contributed by atoms with van der Waals surface area (Å²) in [6.45, 7) is 2.42. The van der Waals surface area contributed by atoms with Crippen LogP contribution in [0.1, 0.15) is 19.3 Å². The summed E-state index contributed by atoms with van der Waals surface area (Å²) >= 11 is 4.21. The normalized spacial score (nSPS) is 28.8. The van der Waals surface area contributed by atoms with Gasteiger partial charge >= 0.3 is 0 Å². The highest BCUT2D eigenvalue weighted by Crippen LogP contribution is 2.19. The fourth-order valence-electron chi connectivity index (χ4n) is 1.94. The average molecular weight is 188 g/mol. The fraction of sp³-hybridized carbons (Fsp3) is 1.00. The molecule has 1 heterocycles. The van der Waals surface area contributed by atoms with Crippen LogP contribution in [0.2, 0.25) is 0 Å². The van der Waals surface area contributed by atoms with Gasteiger partial charge in [-0.05, 0) is 44.5 Å². The van der Waals surface area contributed by atoms with Gasteiger partial charge in [0.2, 0.25) is 0 Å². The first kappa shape index (κ1) is 10.4. The number of thiol groups is 1. The van der Waals surface area contributed by atoms with Crippen molar-refractivity contribution in [3.05, 3.63) is 0 Å². The van der Waals surface area contributed by atoms with Crippen molar-refractivity contribution in [1.29, 1.82) is 0 Å². The van der Waals surface area contributed by atoms with Crippen molar-refractivity contribution in [1.82, 2.24) is 4.90 Å². The van der Waals surface area contributed by atoms with Crippen LogP contribution >= 0.6 is 12.6 Å². The van der Waals surface area contributed by atoms with E-state index in [-0.39, 0.29) is 0 Å². The maximum Gasteiger partial charge on any atom is 0.00871 e. The third-order valence-corrected chi connectivity index (χ3v) is 2.99. The van der Waals surface area contributed by atoms with Gasteiger partial charge in [-0.2, -0.15) is 12.6 Å². The van der Waals surface area contributed by atoms with Crippen molar-refractivity contribution >= 4 is 12.6 Å². The van der Waals surface area contributed by atoms with Crippen molar-refractivity contribution in [2.45, 2.75) is 25.3 Å². The molecule has 0 spiro atoms. The van der Waals surface area contributed by atoms with E-state index in [1.54, 1.807) is 0 Å². The molecule has 1 fully saturated rings. The maximum atomic E-state index is 6.05. The molecular weight excluding hydrogens is 168 g/mol. The van der Waals surface area contributed by atoms with E-state index in [4.69, 9.17) is 5.73 Å². The Kier molecular flexibility index (Phi) is 4.40. The molecule has 0 radical (unpaired) electrons. The highest BCUT2D eigenvalue weighted by atomic mass is 32.1. The van der Waals surface area contributed by atoms with Crippen molar-refractivity contribution in [2.75, 3.05) is 25.9 Å². The van der Waals surface area contributed by atoms with Crippen molar-refractivity contribution in [2.24, 2.45) is 11.7 Å². The van der Waals surface area contributed by atoms with Gasteiger partial charge in [-0.3, -0.25) is 0 Å². The van der Waals surface area contributed by atoms with Crippen LogP contribution in [-0.2, 0) is 0 Å². The van der Waals surface area contributed by atoms with Crippen LogP contribution in [0, 0.1) is 5.92 Å². The lowest BCUT2D eigenvalue weighted by Crippen LogP contribution is -2.42. The Hall–Kier alpha value is 0.270. The van der Waals surface area contributed by atoms with Gasteiger partial charge in [0.1, 0.15) is 0 Å². The monoisotopic (exact) mass is 188 g/mol. The first-order valence-electron chi connectivity index (χ1n) is 4.79. The van der Waals surface area contributed by atoms with E-state index in [0.717, 1.165) is 12.2 Å². The average Bonchev–Trinajstić information content (AvgIpc) is 2.05. The van der Waals surface area contributed by atoms with E-state index in [1.165, 1.54) is 25.9 Å². The minimum atomic E-state index is 0.366. The van der Waals surface area contributed by atoms with Crippen LogP contribution in [0.25, 0.3) is 0 Å². The molecule has 1 saturated heterocycles.